The van der Waals surface area contributed by atoms with Gasteiger partial charge in [0.1, 0.15) is 0 Å². The van der Waals surface area contributed by atoms with Crippen LogP contribution >= 0.6 is 0 Å². The van der Waals surface area contributed by atoms with Gasteiger partial charge in [0.25, 0.3) is 0 Å². The zero-order valence-corrected chi connectivity index (χ0v) is 11.8. The predicted octanol–water partition coefficient (Wildman–Crippen LogP) is 2.36. The smallest absolute Gasteiger partial charge is 0.0839 e. The summed E-state index contributed by atoms with van der Waals surface area (Å²) in [5.41, 5.74) is 2.41. The fourth-order valence-electron chi connectivity index (χ4n) is 1.94. The fourth-order valence-corrected chi connectivity index (χ4v) is 1.94. The maximum absolute atomic E-state index is 9.94. The lowest BCUT2D eigenvalue weighted by Gasteiger charge is -2.22. The highest BCUT2D eigenvalue weighted by atomic mass is 16.3. The highest BCUT2D eigenvalue weighted by Gasteiger charge is 2.08. The van der Waals surface area contributed by atoms with Gasteiger partial charge in [-0.05, 0) is 37.2 Å². The molecule has 2 N–H and O–H groups in total. The number of nitrogens with one attached hydrogen (secondary N) is 1. The van der Waals surface area contributed by atoms with Crippen LogP contribution in [0.2, 0.25) is 0 Å². The maximum Gasteiger partial charge on any atom is 0.0839 e. The average molecular weight is 250 g/mol. The first-order valence-electron chi connectivity index (χ1n) is 6.92. The Bertz CT molecular complexity index is 320. The van der Waals surface area contributed by atoms with Crippen LogP contribution in [-0.4, -0.2) is 42.3 Å². The van der Waals surface area contributed by atoms with Gasteiger partial charge in [0.05, 0.1) is 6.10 Å². The van der Waals surface area contributed by atoms with Crippen molar-refractivity contribution >= 4 is 5.69 Å². The Hall–Kier alpha value is -1.06. The second kappa shape index (κ2) is 8.11. The Morgan fingerprint density at radius 3 is 2.22 bits per heavy atom. The van der Waals surface area contributed by atoms with Gasteiger partial charge in [0.15, 0.2) is 0 Å². The van der Waals surface area contributed by atoms with Crippen LogP contribution in [0, 0.1) is 0 Å². The number of benzene rings is 1. The third-order valence-electron chi connectivity index (χ3n) is 3.27. The molecule has 18 heavy (non-hydrogen) atoms. The zero-order valence-electron chi connectivity index (χ0n) is 11.8. The molecule has 0 saturated heterocycles. The van der Waals surface area contributed by atoms with Crippen molar-refractivity contribution in [3.63, 3.8) is 0 Å². The minimum atomic E-state index is -0.323. The predicted molar refractivity (Wildman–Crippen MR) is 78.1 cm³/mol. The molecule has 0 bridgehead atoms. The van der Waals surface area contributed by atoms with Crippen molar-refractivity contribution in [1.29, 1.82) is 0 Å². The number of aryl methyl sites for hydroxylation is 1. The van der Waals surface area contributed by atoms with Crippen molar-refractivity contribution in [2.45, 2.75) is 33.3 Å². The van der Waals surface area contributed by atoms with Crippen LogP contribution in [0.15, 0.2) is 24.3 Å². The molecular weight excluding hydrogens is 224 g/mol. The second-order valence-electron chi connectivity index (χ2n) is 4.57. The van der Waals surface area contributed by atoms with E-state index in [2.05, 4.69) is 55.3 Å². The molecule has 0 aliphatic carbocycles. The average Bonchev–Trinajstić information content (AvgIpc) is 2.43. The van der Waals surface area contributed by atoms with E-state index in [0.717, 1.165) is 31.7 Å². The van der Waals surface area contributed by atoms with Gasteiger partial charge in [0, 0.05) is 18.8 Å². The largest absolute Gasteiger partial charge is 0.390 e. The number of likely N-dealkylation sites (N-methyl/N-ethyl adjacent to an activating group) is 1. The summed E-state index contributed by atoms with van der Waals surface area (Å²) in [7, 11) is 0. The minimum Gasteiger partial charge on any atom is -0.390 e. The van der Waals surface area contributed by atoms with Gasteiger partial charge >= 0.3 is 0 Å². The molecule has 1 aromatic rings. The third-order valence-corrected chi connectivity index (χ3v) is 3.27. The van der Waals surface area contributed by atoms with Crippen LogP contribution in [0.1, 0.15) is 26.3 Å². The van der Waals surface area contributed by atoms with E-state index >= 15 is 0 Å². The van der Waals surface area contributed by atoms with Crippen LogP contribution in [-0.2, 0) is 6.42 Å². The standard InChI is InChI=1S/C15H26N2O/c1-4-13-7-9-14(10-8-13)16-11-15(18)12-17(5-2)6-3/h7-10,15-16,18H,4-6,11-12H2,1-3H3. The normalized spacial score (nSPS) is 12.7. The molecule has 0 fully saturated rings. The van der Waals surface area contributed by atoms with E-state index in [0.29, 0.717) is 6.54 Å². The van der Waals surface area contributed by atoms with Gasteiger partial charge in [-0.15, -0.1) is 0 Å². The van der Waals surface area contributed by atoms with E-state index < -0.39 is 0 Å². The second-order valence-corrected chi connectivity index (χ2v) is 4.57. The van der Waals surface area contributed by atoms with Gasteiger partial charge in [-0.2, -0.15) is 0 Å². The summed E-state index contributed by atoms with van der Waals surface area (Å²) in [5.74, 6) is 0. The van der Waals surface area contributed by atoms with Crippen molar-refractivity contribution < 1.29 is 5.11 Å². The van der Waals surface area contributed by atoms with Crippen molar-refractivity contribution in [2.24, 2.45) is 0 Å². The molecule has 1 unspecified atom stereocenters. The first-order chi connectivity index (χ1) is 8.69. The Morgan fingerprint density at radius 1 is 1.11 bits per heavy atom. The SMILES string of the molecule is CCc1ccc(NCC(O)CN(CC)CC)cc1. The van der Waals surface area contributed by atoms with Crippen LogP contribution in [0.5, 0.6) is 0 Å². The number of hydrogen-bond acceptors (Lipinski definition) is 3. The maximum atomic E-state index is 9.94. The third kappa shape index (κ3) is 5.07. The van der Waals surface area contributed by atoms with Gasteiger partial charge in [-0.25, -0.2) is 0 Å². The van der Waals surface area contributed by atoms with Gasteiger partial charge < -0.3 is 15.3 Å². The quantitative estimate of drug-likeness (QED) is 0.743. The molecule has 0 amide bonds. The Balaban J connectivity index is 2.34. The van der Waals surface area contributed by atoms with Crippen LogP contribution in [0.4, 0.5) is 5.69 Å². The molecule has 0 heterocycles. The van der Waals surface area contributed by atoms with E-state index in [1.165, 1.54) is 5.56 Å². The first kappa shape index (κ1) is 15.0. The van der Waals surface area contributed by atoms with Crippen molar-refractivity contribution in [2.75, 3.05) is 31.5 Å². The molecule has 0 aliphatic rings. The van der Waals surface area contributed by atoms with E-state index in [1.54, 1.807) is 0 Å². The van der Waals surface area contributed by atoms with Crippen molar-refractivity contribution in [1.82, 2.24) is 4.90 Å². The topological polar surface area (TPSA) is 35.5 Å². The molecule has 0 saturated carbocycles. The molecule has 1 aromatic carbocycles. The van der Waals surface area contributed by atoms with E-state index in [-0.39, 0.29) is 6.10 Å². The summed E-state index contributed by atoms with van der Waals surface area (Å²) >= 11 is 0. The minimum absolute atomic E-state index is 0.323. The highest BCUT2D eigenvalue weighted by molar-refractivity contribution is 5.44. The molecule has 1 atom stereocenters. The number of aliphatic hydroxyl groups excluding tert-OH is 1. The molecule has 0 aliphatic heterocycles. The first-order valence-corrected chi connectivity index (χ1v) is 6.92. The molecular formula is C15H26N2O. The fraction of sp³-hybridized carbons (Fsp3) is 0.600. The van der Waals surface area contributed by atoms with E-state index in [9.17, 15) is 5.11 Å². The molecule has 3 heteroatoms. The summed E-state index contributed by atoms with van der Waals surface area (Å²) in [4.78, 5) is 2.23. The number of hydrogen-bond donors (Lipinski definition) is 2. The molecule has 102 valence electrons. The van der Waals surface area contributed by atoms with Crippen molar-refractivity contribution in [3.05, 3.63) is 29.8 Å². The summed E-state index contributed by atoms with van der Waals surface area (Å²) in [5, 5.41) is 13.2. The van der Waals surface area contributed by atoms with Crippen LogP contribution in [0.3, 0.4) is 0 Å². The zero-order chi connectivity index (χ0) is 13.4. The number of anilines is 1. The lowest BCUT2D eigenvalue weighted by Crippen LogP contribution is -2.35. The highest BCUT2D eigenvalue weighted by Crippen LogP contribution is 2.09. The monoisotopic (exact) mass is 250 g/mol. The Kier molecular flexibility index (Phi) is 6.76. The summed E-state index contributed by atoms with van der Waals surface area (Å²) in [6, 6.07) is 8.39. The molecule has 0 radical (unpaired) electrons. The Labute approximate surface area is 111 Å². The van der Waals surface area contributed by atoms with E-state index in [4.69, 9.17) is 0 Å². The summed E-state index contributed by atoms with van der Waals surface area (Å²) < 4.78 is 0. The number of aliphatic hydroxyl groups is 1. The van der Waals surface area contributed by atoms with Crippen LogP contribution in [0.25, 0.3) is 0 Å². The Morgan fingerprint density at radius 2 is 1.72 bits per heavy atom. The number of rotatable bonds is 8. The lowest BCUT2D eigenvalue weighted by atomic mass is 10.1. The van der Waals surface area contributed by atoms with Crippen LogP contribution < -0.4 is 5.32 Å². The molecule has 0 aromatic heterocycles. The van der Waals surface area contributed by atoms with Gasteiger partial charge in [-0.1, -0.05) is 32.9 Å². The van der Waals surface area contributed by atoms with Gasteiger partial charge in [-0.3, -0.25) is 0 Å². The number of nitrogens with zero attached hydrogens (tertiary/aromatic N) is 1. The lowest BCUT2D eigenvalue weighted by molar-refractivity contribution is 0.128. The summed E-state index contributed by atoms with van der Waals surface area (Å²) in [6.07, 6.45) is 0.737. The molecule has 0 spiro atoms. The van der Waals surface area contributed by atoms with Crippen molar-refractivity contribution in [3.8, 4) is 0 Å². The molecule has 3 nitrogen and oxygen atoms in total. The van der Waals surface area contributed by atoms with E-state index in [1.807, 2.05) is 0 Å². The molecule has 1 rings (SSSR count). The summed E-state index contributed by atoms with van der Waals surface area (Å²) in [6.45, 7) is 9.68. The van der Waals surface area contributed by atoms with Gasteiger partial charge in [0.2, 0.25) is 0 Å².